The Bertz CT molecular complexity index is 703. The Morgan fingerprint density at radius 2 is 1.93 bits per heavy atom. The third-order valence-electron chi connectivity index (χ3n) is 5.80. The number of thioether (sulfide) groups is 1. The van der Waals surface area contributed by atoms with Crippen LogP contribution in [0.3, 0.4) is 0 Å². The summed E-state index contributed by atoms with van der Waals surface area (Å²) in [6.45, 7) is 6.47. The molecule has 1 aliphatic heterocycles. The van der Waals surface area contributed by atoms with Gasteiger partial charge < -0.3 is 10.1 Å². The summed E-state index contributed by atoms with van der Waals surface area (Å²) in [4.78, 5) is 27.7. The normalized spacial score (nSPS) is 22.9. The van der Waals surface area contributed by atoms with Gasteiger partial charge in [-0.25, -0.2) is 9.59 Å². The Morgan fingerprint density at radius 1 is 1.18 bits per heavy atom. The van der Waals surface area contributed by atoms with Crippen LogP contribution in [-0.2, 0) is 9.53 Å². The lowest BCUT2D eigenvalue weighted by Gasteiger charge is -2.35. The Balaban J connectivity index is 1.78. The molecule has 0 radical (unpaired) electrons. The fourth-order valence-corrected chi connectivity index (χ4v) is 5.68. The summed E-state index contributed by atoms with van der Waals surface area (Å²) in [7, 11) is 0. The van der Waals surface area contributed by atoms with E-state index >= 15 is 0 Å². The van der Waals surface area contributed by atoms with Gasteiger partial charge in [-0.15, -0.1) is 11.8 Å². The number of carbonyl (C=O) groups excluding carboxylic acids is 2. The molecule has 1 aromatic rings. The average Bonchev–Trinajstić information content (AvgIpc) is 3.15. The van der Waals surface area contributed by atoms with Gasteiger partial charge in [0.05, 0.1) is 12.0 Å². The SMILES string of the molecule is CCCOC(=O)[C@H]1CS[C@@H](C2CCCCC2)N1C(=O)Nc1ccc(C)c(C)c1. The zero-order chi connectivity index (χ0) is 20.1. The molecule has 1 saturated carbocycles. The molecule has 0 spiro atoms. The number of carbonyl (C=O) groups is 2. The van der Waals surface area contributed by atoms with Crippen molar-refractivity contribution in [2.24, 2.45) is 5.92 Å². The lowest BCUT2D eigenvalue weighted by atomic mass is 9.88. The van der Waals surface area contributed by atoms with Gasteiger partial charge in [0.25, 0.3) is 0 Å². The van der Waals surface area contributed by atoms with Gasteiger partial charge in [-0.05, 0) is 62.3 Å². The number of benzene rings is 1. The molecule has 2 atom stereocenters. The molecule has 28 heavy (non-hydrogen) atoms. The van der Waals surface area contributed by atoms with E-state index in [-0.39, 0.29) is 17.4 Å². The molecule has 1 aliphatic carbocycles. The molecule has 154 valence electrons. The van der Waals surface area contributed by atoms with Crippen LogP contribution in [0.25, 0.3) is 0 Å². The van der Waals surface area contributed by atoms with Gasteiger partial charge >= 0.3 is 12.0 Å². The van der Waals surface area contributed by atoms with Crippen LogP contribution in [0.5, 0.6) is 0 Å². The highest BCUT2D eigenvalue weighted by Gasteiger charge is 2.45. The lowest BCUT2D eigenvalue weighted by molar-refractivity contribution is -0.148. The Morgan fingerprint density at radius 3 is 2.61 bits per heavy atom. The van der Waals surface area contributed by atoms with Gasteiger partial charge in [-0.3, -0.25) is 4.90 Å². The third kappa shape index (κ3) is 4.83. The highest BCUT2D eigenvalue weighted by atomic mass is 32.2. The number of esters is 1. The number of nitrogens with zero attached hydrogens (tertiary/aromatic N) is 1. The van der Waals surface area contributed by atoms with Crippen molar-refractivity contribution in [3.63, 3.8) is 0 Å². The van der Waals surface area contributed by atoms with Gasteiger partial charge in [-0.1, -0.05) is 32.3 Å². The molecule has 1 N–H and O–H groups in total. The maximum atomic E-state index is 13.2. The van der Waals surface area contributed by atoms with Crippen molar-refractivity contribution in [2.75, 3.05) is 17.7 Å². The van der Waals surface area contributed by atoms with Crippen molar-refractivity contribution >= 4 is 29.4 Å². The minimum absolute atomic E-state index is 0.0472. The molecule has 0 bridgehead atoms. The predicted octanol–water partition coefficient (Wildman–Crippen LogP) is 5.11. The first-order valence-electron chi connectivity index (χ1n) is 10.5. The molecule has 1 heterocycles. The second-order valence-corrected chi connectivity index (χ2v) is 9.09. The van der Waals surface area contributed by atoms with Crippen LogP contribution < -0.4 is 5.32 Å². The summed E-state index contributed by atoms with van der Waals surface area (Å²) in [5.74, 6) is 0.792. The standard InChI is InChI=1S/C22H32N2O3S/c1-4-12-27-21(25)19-14-28-20(17-8-6-5-7-9-17)24(19)22(26)23-18-11-10-15(2)16(3)13-18/h10-11,13,17,19-20H,4-9,12,14H2,1-3H3,(H,23,26)/t19-,20+/m1/s1. The first-order chi connectivity index (χ1) is 13.5. The van der Waals surface area contributed by atoms with Crippen LogP contribution in [0.15, 0.2) is 18.2 Å². The van der Waals surface area contributed by atoms with Crippen LogP contribution in [0.4, 0.5) is 10.5 Å². The maximum absolute atomic E-state index is 13.2. The minimum atomic E-state index is -0.505. The van der Waals surface area contributed by atoms with E-state index in [1.807, 2.05) is 32.0 Å². The first-order valence-corrected chi connectivity index (χ1v) is 11.5. The topological polar surface area (TPSA) is 58.6 Å². The second-order valence-electron chi connectivity index (χ2n) is 7.94. The number of rotatable bonds is 5. The van der Waals surface area contributed by atoms with E-state index in [0.717, 1.165) is 30.5 Å². The van der Waals surface area contributed by atoms with Gasteiger partial charge in [0.1, 0.15) is 6.04 Å². The van der Waals surface area contributed by atoms with E-state index in [1.165, 1.54) is 24.8 Å². The molecule has 1 aromatic carbocycles. The summed E-state index contributed by atoms with van der Waals surface area (Å²) in [6, 6.07) is 5.21. The van der Waals surface area contributed by atoms with Crippen molar-refractivity contribution in [1.82, 2.24) is 4.90 Å². The van der Waals surface area contributed by atoms with Crippen molar-refractivity contribution in [3.05, 3.63) is 29.3 Å². The van der Waals surface area contributed by atoms with Crippen LogP contribution >= 0.6 is 11.8 Å². The predicted molar refractivity (Wildman–Crippen MR) is 115 cm³/mol. The summed E-state index contributed by atoms with van der Waals surface area (Å²) in [5, 5.41) is 3.08. The zero-order valence-electron chi connectivity index (χ0n) is 17.2. The van der Waals surface area contributed by atoms with Crippen molar-refractivity contribution < 1.29 is 14.3 Å². The van der Waals surface area contributed by atoms with Gasteiger partial charge in [0, 0.05) is 11.4 Å². The Hall–Kier alpha value is -1.69. The van der Waals surface area contributed by atoms with Crippen LogP contribution in [0.1, 0.15) is 56.6 Å². The molecule has 0 aromatic heterocycles. The van der Waals surface area contributed by atoms with Gasteiger partial charge in [0.15, 0.2) is 0 Å². The lowest BCUT2D eigenvalue weighted by Crippen LogP contribution is -2.50. The van der Waals surface area contributed by atoms with Crippen LogP contribution in [-0.4, -0.2) is 40.7 Å². The molecule has 2 amide bonds. The first kappa shape index (κ1) is 21.0. The third-order valence-corrected chi connectivity index (χ3v) is 7.26. The van der Waals surface area contributed by atoms with Crippen LogP contribution in [0, 0.1) is 19.8 Å². The smallest absolute Gasteiger partial charge is 0.329 e. The summed E-state index contributed by atoms with van der Waals surface area (Å²) < 4.78 is 5.40. The largest absolute Gasteiger partial charge is 0.464 e. The molecule has 3 rings (SSSR count). The second kappa shape index (κ2) is 9.68. The highest BCUT2D eigenvalue weighted by Crippen LogP contribution is 2.41. The molecule has 0 unspecified atom stereocenters. The summed E-state index contributed by atoms with van der Waals surface area (Å²) in [5.41, 5.74) is 3.10. The fraction of sp³-hybridized carbons (Fsp3) is 0.636. The molecular weight excluding hydrogens is 372 g/mol. The zero-order valence-corrected chi connectivity index (χ0v) is 18.0. The van der Waals surface area contributed by atoms with Crippen molar-refractivity contribution in [2.45, 2.75) is 70.7 Å². The molecule has 6 heteroatoms. The highest BCUT2D eigenvalue weighted by molar-refractivity contribution is 8.00. The van der Waals surface area contributed by atoms with Gasteiger partial charge in [-0.2, -0.15) is 0 Å². The molecule has 1 saturated heterocycles. The molecular formula is C22H32N2O3S. The van der Waals surface area contributed by atoms with E-state index < -0.39 is 6.04 Å². The van der Waals surface area contributed by atoms with E-state index in [0.29, 0.717) is 18.3 Å². The summed E-state index contributed by atoms with van der Waals surface area (Å²) in [6.07, 6.45) is 6.72. The van der Waals surface area contributed by atoms with Crippen LogP contribution in [0.2, 0.25) is 0 Å². The maximum Gasteiger partial charge on any atom is 0.329 e. The average molecular weight is 405 g/mol. The number of hydrogen-bond acceptors (Lipinski definition) is 4. The number of amides is 2. The van der Waals surface area contributed by atoms with E-state index in [4.69, 9.17) is 4.74 Å². The van der Waals surface area contributed by atoms with E-state index in [9.17, 15) is 9.59 Å². The quantitative estimate of drug-likeness (QED) is 0.693. The van der Waals surface area contributed by atoms with E-state index in [2.05, 4.69) is 12.2 Å². The van der Waals surface area contributed by atoms with Crippen molar-refractivity contribution in [3.8, 4) is 0 Å². The Labute approximate surface area is 172 Å². The summed E-state index contributed by atoms with van der Waals surface area (Å²) >= 11 is 1.74. The number of ether oxygens (including phenoxy) is 1. The number of hydrogen-bond donors (Lipinski definition) is 1. The fourth-order valence-electron chi connectivity index (χ4n) is 4.05. The number of nitrogens with one attached hydrogen (secondary N) is 1. The van der Waals surface area contributed by atoms with Crippen molar-refractivity contribution in [1.29, 1.82) is 0 Å². The minimum Gasteiger partial charge on any atom is -0.464 e. The molecule has 2 aliphatic rings. The van der Waals surface area contributed by atoms with Gasteiger partial charge in [0.2, 0.25) is 0 Å². The molecule has 2 fully saturated rings. The van der Waals surface area contributed by atoms with E-state index in [1.54, 1.807) is 16.7 Å². The monoisotopic (exact) mass is 404 g/mol. The Kier molecular flexibility index (Phi) is 7.27. The number of anilines is 1. The number of urea groups is 1. The number of aryl methyl sites for hydroxylation is 2. The molecule has 5 nitrogen and oxygen atoms in total.